The minimum Gasteiger partial charge on any atom is -0.393 e. The van der Waals surface area contributed by atoms with Crippen LogP contribution in [-0.2, 0) is 0 Å². The molecule has 10 atom stereocenters. The Labute approximate surface area is 180 Å². The fraction of sp³-hybridized carbons (Fsp3) is 1.00. The maximum Gasteiger partial charge on any atom is 0.0581 e. The van der Waals surface area contributed by atoms with Crippen LogP contribution in [-0.4, -0.2) is 22.4 Å². The van der Waals surface area contributed by atoms with Gasteiger partial charge in [0.2, 0.25) is 0 Å². The minimum atomic E-state index is -0.164. The van der Waals surface area contributed by atoms with Crippen LogP contribution >= 0.6 is 0 Å². The number of aliphatic hydroxyl groups is 2. The summed E-state index contributed by atoms with van der Waals surface area (Å²) >= 11 is 0. The van der Waals surface area contributed by atoms with E-state index in [1.54, 1.807) is 0 Å². The van der Waals surface area contributed by atoms with E-state index in [1.807, 2.05) is 0 Å². The highest BCUT2D eigenvalue weighted by Gasteiger charge is 2.64. The van der Waals surface area contributed by atoms with E-state index in [9.17, 15) is 10.2 Å². The Kier molecular flexibility index (Phi) is 6.19. The summed E-state index contributed by atoms with van der Waals surface area (Å²) in [6.45, 7) is 12.1. The number of aliphatic hydroxyl groups excluding tert-OH is 2. The fourth-order valence-corrected chi connectivity index (χ4v) is 9.51. The summed E-state index contributed by atoms with van der Waals surface area (Å²) in [6, 6.07) is 0. The Morgan fingerprint density at radius 1 is 0.862 bits per heavy atom. The van der Waals surface area contributed by atoms with Gasteiger partial charge in [-0.25, -0.2) is 0 Å². The molecule has 4 aliphatic carbocycles. The van der Waals surface area contributed by atoms with Crippen LogP contribution in [0.15, 0.2) is 0 Å². The van der Waals surface area contributed by atoms with E-state index in [-0.39, 0.29) is 23.0 Å². The second-order valence-corrected chi connectivity index (χ2v) is 12.7. The average Bonchev–Trinajstić information content (AvgIpc) is 2.97. The van der Waals surface area contributed by atoms with Crippen molar-refractivity contribution in [2.24, 2.45) is 52.3 Å². The van der Waals surface area contributed by atoms with Gasteiger partial charge in [-0.05, 0) is 90.8 Å². The highest BCUT2D eigenvalue weighted by molar-refractivity contribution is 5.13. The van der Waals surface area contributed by atoms with Gasteiger partial charge in [0.1, 0.15) is 0 Å². The smallest absolute Gasteiger partial charge is 0.0581 e. The molecule has 0 aromatic rings. The third-order valence-electron chi connectivity index (χ3n) is 10.7. The van der Waals surface area contributed by atoms with Crippen molar-refractivity contribution < 1.29 is 10.2 Å². The molecule has 0 heterocycles. The summed E-state index contributed by atoms with van der Waals surface area (Å²) in [5, 5.41) is 22.7. The number of rotatable bonds is 5. The van der Waals surface area contributed by atoms with Crippen molar-refractivity contribution in [2.75, 3.05) is 0 Å². The van der Waals surface area contributed by atoms with Gasteiger partial charge < -0.3 is 10.2 Å². The van der Waals surface area contributed by atoms with Crippen molar-refractivity contribution >= 4 is 0 Å². The first-order valence-electron chi connectivity index (χ1n) is 13.0. The van der Waals surface area contributed by atoms with E-state index in [0.717, 1.165) is 30.6 Å². The molecule has 2 nitrogen and oxygen atoms in total. The van der Waals surface area contributed by atoms with E-state index in [4.69, 9.17) is 0 Å². The molecule has 0 bridgehead atoms. The summed E-state index contributed by atoms with van der Waals surface area (Å²) in [6.07, 6.45) is 13.3. The van der Waals surface area contributed by atoms with Crippen molar-refractivity contribution in [1.29, 1.82) is 0 Å². The van der Waals surface area contributed by atoms with Crippen molar-refractivity contribution in [3.8, 4) is 0 Å². The van der Waals surface area contributed by atoms with E-state index >= 15 is 0 Å². The summed E-state index contributed by atoms with van der Waals surface area (Å²) in [4.78, 5) is 0. The van der Waals surface area contributed by atoms with Gasteiger partial charge in [0.05, 0.1) is 12.2 Å². The van der Waals surface area contributed by atoms with Gasteiger partial charge in [0.25, 0.3) is 0 Å². The van der Waals surface area contributed by atoms with Crippen LogP contribution < -0.4 is 0 Å². The van der Waals surface area contributed by atoms with Gasteiger partial charge in [0, 0.05) is 0 Å². The monoisotopic (exact) mass is 404 g/mol. The highest BCUT2D eigenvalue weighted by atomic mass is 16.3. The molecule has 0 amide bonds. The number of hydrogen-bond acceptors (Lipinski definition) is 2. The second kappa shape index (κ2) is 8.12. The summed E-state index contributed by atoms with van der Waals surface area (Å²) in [5.41, 5.74) is 0.428. The van der Waals surface area contributed by atoms with Crippen molar-refractivity contribution in [2.45, 2.75) is 117 Å². The lowest BCUT2D eigenvalue weighted by Crippen LogP contribution is -2.61. The summed E-state index contributed by atoms with van der Waals surface area (Å²) < 4.78 is 0. The molecule has 2 heteroatoms. The highest BCUT2D eigenvalue weighted by Crippen LogP contribution is 2.68. The van der Waals surface area contributed by atoms with E-state index in [1.165, 1.54) is 57.8 Å². The first kappa shape index (κ1) is 22.1. The predicted octanol–water partition coefficient (Wildman–Crippen LogP) is 6.44. The number of hydrogen-bond donors (Lipinski definition) is 2. The molecule has 4 saturated carbocycles. The molecule has 0 aliphatic heterocycles. The molecular formula is C27H48O2. The van der Waals surface area contributed by atoms with Crippen LogP contribution in [0.25, 0.3) is 0 Å². The van der Waals surface area contributed by atoms with Crippen molar-refractivity contribution in [1.82, 2.24) is 0 Å². The standard InChI is InChI=1S/C27H48O2/c1-17(2)9-8-10-18(3)20-12-13-21-19-15-23(28)22-11-6-7-14-26(22,4)25(19)24(29)16-27(20,21)5/h17-25,28-29H,6-16H2,1-5H3/t18-,19+,20-,21+,22?,23?,24?,25-,26+,27-/m1/s1. The molecule has 0 aromatic carbocycles. The van der Waals surface area contributed by atoms with Crippen molar-refractivity contribution in [3.05, 3.63) is 0 Å². The third kappa shape index (κ3) is 3.63. The molecule has 4 rings (SSSR count). The molecule has 0 aromatic heterocycles. The fourth-order valence-electron chi connectivity index (χ4n) is 9.51. The summed E-state index contributed by atoms with van der Waals surface area (Å²) in [5.74, 6) is 4.41. The molecule has 2 N–H and O–H groups in total. The Hall–Kier alpha value is -0.0800. The molecule has 0 radical (unpaired) electrons. The molecule has 3 unspecified atom stereocenters. The first-order chi connectivity index (χ1) is 13.7. The zero-order chi connectivity index (χ0) is 21.0. The zero-order valence-corrected chi connectivity index (χ0v) is 19.9. The van der Waals surface area contributed by atoms with Gasteiger partial charge in [-0.2, -0.15) is 0 Å². The second-order valence-electron chi connectivity index (χ2n) is 12.7. The van der Waals surface area contributed by atoms with Crippen LogP contribution in [0.4, 0.5) is 0 Å². The maximum absolute atomic E-state index is 11.6. The first-order valence-corrected chi connectivity index (χ1v) is 13.0. The molecule has 29 heavy (non-hydrogen) atoms. The quantitative estimate of drug-likeness (QED) is 0.553. The molecule has 4 aliphatic rings. The average molecular weight is 405 g/mol. The Morgan fingerprint density at radius 2 is 1.62 bits per heavy atom. The van der Waals surface area contributed by atoms with Crippen LogP contribution in [0.3, 0.4) is 0 Å². The topological polar surface area (TPSA) is 40.5 Å². The van der Waals surface area contributed by atoms with Gasteiger partial charge in [-0.15, -0.1) is 0 Å². The largest absolute Gasteiger partial charge is 0.393 e. The molecule has 0 saturated heterocycles. The number of fused-ring (bicyclic) bond motifs is 5. The molecule has 4 fully saturated rings. The van der Waals surface area contributed by atoms with Gasteiger partial charge in [-0.1, -0.05) is 66.7 Å². The summed E-state index contributed by atoms with van der Waals surface area (Å²) in [7, 11) is 0. The lowest BCUT2D eigenvalue weighted by Gasteiger charge is -2.63. The minimum absolute atomic E-state index is 0.140. The Bertz CT molecular complexity index is 573. The maximum atomic E-state index is 11.6. The van der Waals surface area contributed by atoms with Crippen LogP contribution in [0.5, 0.6) is 0 Å². The third-order valence-corrected chi connectivity index (χ3v) is 10.7. The van der Waals surface area contributed by atoms with Gasteiger partial charge in [-0.3, -0.25) is 0 Å². The van der Waals surface area contributed by atoms with E-state index in [0.29, 0.717) is 23.7 Å². The normalized spacial score (nSPS) is 50.7. The van der Waals surface area contributed by atoms with Gasteiger partial charge in [0.15, 0.2) is 0 Å². The van der Waals surface area contributed by atoms with Gasteiger partial charge >= 0.3 is 0 Å². The van der Waals surface area contributed by atoms with Crippen LogP contribution in [0.2, 0.25) is 0 Å². The lowest BCUT2D eigenvalue weighted by atomic mass is 9.43. The van der Waals surface area contributed by atoms with E-state index < -0.39 is 0 Å². The molecular weight excluding hydrogens is 356 g/mol. The zero-order valence-electron chi connectivity index (χ0n) is 19.9. The molecule has 0 spiro atoms. The van der Waals surface area contributed by atoms with Crippen molar-refractivity contribution in [3.63, 3.8) is 0 Å². The predicted molar refractivity (Wildman–Crippen MR) is 120 cm³/mol. The Balaban J connectivity index is 1.55. The Morgan fingerprint density at radius 3 is 2.34 bits per heavy atom. The van der Waals surface area contributed by atoms with Crippen LogP contribution in [0.1, 0.15) is 105 Å². The molecule has 168 valence electrons. The van der Waals surface area contributed by atoms with E-state index in [2.05, 4.69) is 34.6 Å². The van der Waals surface area contributed by atoms with Crippen LogP contribution in [0, 0.1) is 52.3 Å². The SMILES string of the molecule is CC(C)CCC[C@@H](C)[C@H]1CC[C@H]2[C@@H]3CC(O)C4CCCC[C@]4(C)[C@H]3C(O)C[C@]12C. The lowest BCUT2D eigenvalue weighted by molar-refractivity contribution is -0.200.